The van der Waals surface area contributed by atoms with Gasteiger partial charge in [0.2, 0.25) is 0 Å². The quantitative estimate of drug-likeness (QED) is 0.648. The van der Waals surface area contributed by atoms with E-state index < -0.39 is 0 Å². The number of rotatable bonds is 4. The third-order valence-corrected chi connectivity index (χ3v) is 3.66. The van der Waals surface area contributed by atoms with Gasteiger partial charge in [-0.25, -0.2) is 0 Å². The van der Waals surface area contributed by atoms with E-state index in [0.29, 0.717) is 5.75 Å². The average molecular weight is 369 g/mol. The number of halogens is 1. The molecule has 0 saturated carbocycles. The van der Waals surface area contributed by atoms with Crippen LogP contribution in [0.1, 0.15) is 12.5 Å². The molecule has 0 amide bonds. The summed E-state index contributed by atoms with van der Waals surface area (Å²) >= 11 is 2.20. The summed E-state index contributed by atoms with van der Waals surface area (Å²) in [7, 11) is 1.65. The molecular formula is C15H16INO2. The lowest BCUT2D eigenvalue weighted by Crippen LogP contribution is -1.94. The van der Waals surface area contributed by atoms with Gasteiger partial charge in [0, 0.05) is 5.69 Å². The summed E-state index contributed by atoms with van der Waals surface area (Å²) in [5, 5.41) is 0. The first kappa shape index (κ1) is 14.0. The summed E-state index contributed by atoms with van der Waals surface area (Å²) in [5.41, 5.74) is 7.68. The van der Waals surface area contributed by atoms with Crippen molar-refractivity contribution in [2.75, 3.05) is 12.8 Å². The van der Waals surface area contributed by atoms with E-state index in [9.17, 15) is 0 Å². The minimum atomic E-state index is 0.711. The van der Waals surface area contributed by atoms with Crippen LogP contribution in [0.3, 0.4) is 0 Å². The lowest BCUT2D eigenvalue weighted by molar-refractivity contribution is 0.377. The molecule has 0 bridgehead atoms. The molecule has 0 aliphatic heterocycles. The van der Waals surface area contributed by atoms with Crippen LogP contribution in [-0.2, 0) is 6.42 Å². The van der Waals surface area contributed by atoms with Gasteiger partial charge in [0.15, 0.2) is 11.5 Å². The third-order valence-electron chi connectivity index (χ3n) is 2.81. The second-order valence-corrected chi connectivity index (χ2v) is 5.29. The van der Waals surface area contributed by atoms with Crippen LogP contribution in [0.2, 0.25) is 0 Å². The van der Waals surface area contributed by atoms with E-state index in [-0.39, 0.29) is 0 Å². The van der Waals surface area contributed by atoms with Crippen LogP contribution < -0.4 is 15.2 Å². The number of nitrogens with two attached hydrogens (primary N) is 1. The van der Waals surface area contributed by atoms with E-state index in [0.717, 1.165) is 27.2 Å². The van der Waals surface area contributed by atoms with Crippen molar-refractivity contribution in [1.29, 1.82) is 0 Å². The van der Waals surface area contributed by atoms with E-state index in [1.54, 1.807) is 7.11 Å². The first-order valence-corrected chi connectivity index (χ1v) is 7.11. The highest BCUT2D eigenvalue weighted by Gasteiger charge is 2.09. The topological polar surface area (TPSA) is 44.5 Å². The maximum Gasteiger partial charge on any atom is 0.169 e. The minimum absolute atomic E-state index is 0.711. The van der Waals surface area contributed by atoms with Gasteiger partial charge in [-0.15, -0.1) is 0 Å². The summed E-state index contributed by atoms with van der Waals surface area (Å²) in [6.45, 7) is 2.11. The Kier molecular flexibility index (Phi) is 4.52. The van der Waals surface area contributed by atoms with E-state index in [1.165, 1.54) is 5.56 Å². The Labute approximate surface area is 126 Å². The van der Waals surface area contributed by atoms with Crippen molar-refractivity contribution in [1.82, 2.24) is 0 Å². The highest BCUT2D eigenvalue weighted by Crippen LogP contribution is 2.34. The Morgan fingerprint density at radius 3 is 2.42 bits per heavy atom. The van der Waals surface area contributed by atoms with Crippen LogP contribution in [0.25, 0.3) is 0 Å². The van der Waals surface area contributed by atoms with Gasteiger partial charge in [-0.3, -0.25) is 0 Å². The maximum atomic E-state index is 5.90. The average Bonchev–Trinajstić information content (AvgIpc) is 2.42. The fraction of sp³-hybridized carbons (Fsp3) is 0.200. The predicted octanol–water partition coefficient (Wildman–Crippen LogP) is 4.24. The molecule has 2 aromatic carbocycles. The highest BCUT2D eigenvalue weighted by atomic mass is 127. The van der Waals surface area contributed by atoms with Gasteiger partial charge in [-0.05, 0) is 64.9 Å². The first-order chi connectivity index (χ1) is 9.13. The Balaban J connectivity index is 2.32. The second kappa shape index (κ2) is 6.14. The molecule has 100 valence electrons. The molecule has 4 heteroatoms. The van der Waals surface area contributed by atoms with Crippen molar-refractivity contribution in [3.8, 4) is 17.2 Å². The van der Waals surface area contributed by atoms with Gasteiger partial charge < -0.3 is 15.2 Å². The largest absolute Gasteiger partial charge is 0.493 e. The molecule has 3 nitrogen and oxygen atoms in total. The SMILES string of the molecule is CCc1ccc(Oc2ccc(N)cc2I)c(OC)c1. The Morgan fingerprint density at radius 1 is 1.05 bits per heavy atom. The predicted molar refractivity (Wildman–Crippen MR) is 86.0 cm³/mol. The van der Waals surface area contributed by atoms with E-state index in [2.05, 4.69) is 29.5 Å². The van der Waals surface area contributed by atoms with E-state index in [1.807, 2.05) is 36.4 Å². The first-order valence-electron chi connectivity index (χ1n) is 6.04. The summed E-state index contributed by atoms with van der Waals surface area (Å²) in [4.78, 5) is 0. The normalized spacial score (nSPS) is 10.3. The lowest BCUT2D eigenvalue weighted by atomic mass is 10.1. The van der Waals surface area contributed by atoms with Gasteiger partial charge in [0.1, 0.15) is 5.75 Å². The van der Waals surface area contributed by atoms with Gasteiger partial charge in [-0.1, -0.05) is 13.0 Å². The summed E-state index contributed by atoms with van der Waals surface area (Å²) in [6, 6.07) is 11.5. The van der Waals surface area contributed by atoms with Crippen molar-refractivity contribution in [3.05, 3.63) is 45.5 Å². The zero-order valence-electron chi connectivity index (χ0n) is 10.9. The van der Waals surface area contributed by atoms with Crippen LogP contribution in [0.4, 0.5) is 5.69 Å². The van der Waals surface area contributed by atoms with Crippen molar-refractivity contribution < 1.29 is 9.47 Å². The summed E-state index contributed by atoms with van der Waals surface area (Å²) in [6.07, 6.45) is 0.968. The van der Waals surface area contributed by atoms with Gasteiger partial charge >= 0.3 is 0 Å². The van der Waals surface area contributed by atoms with Crippen molar-refractivity contribution in [3.63, 3.8) is 0 Å². The van der Waals surface area contributed by atoms with Crippen molar-refractivity contribution in [2.24, 2.45) is 0 Å². The van der Waals surface area contributed by atoms with Crippen LogP contribution in [0.5, 0.6) is 17.2 Å². The summed E-state index contributed by atoms with van der Waals surface area (Å²) < 4.78 is 12.2. The number of benzene rings is 2. The Bertz CT molecular complexity index is 584. The van der Waals surface area contributed by atoms with Crippen LogP contribution in [-0.4, -0.2) is 7.11 Å². The molecule has 0 atom stereocenters. The van der Waals surface area contributed by atoms with E-state index in [4.69, 9.17) is 15.2 Å². The number of hydrogen-bond donors (Lipinski definition) is 1. The molecule has 0 saturated heterocycles. The molecule has 0 spiro atoms. The fourth-order valence-electron chi connectivity index (χ4n) is 1.73. The third kappa shape index (κ3) is 3.32. The Hall–Kier alpha value is -1.43. The van der Waals surface area contributed by atoms with Gasteiger partial charge in [0.25, 0.3) is 0 Å². The minimum Gasteiger partial charge on any atom is -0.493 e. The molecule has 0 radical (unpaired) electrons. The lowest BCUT2D eigenvalue weighted by Gasteiger charge is -2.12. The van der Waals surface area contributed by atoms with Gasteiger partial charge in [0.05, 0.1) is 10.7 Å². The zero-order chi connectivity index (χ0) is 13.8. The smallest absolute Gasteiger partial charge is 0.169 e. The van der Waals surface area contributed by atoms with Gasteiger partial charge in [-0.2, -0.15) is 0 Å². The molecule has 19 heavy (non-hydrogen) atoms. The molecule has 0 unspecified atom stereocenters. The van der Waals surface area contributed by atoms with Crippen molar-refractivity contribution >= 4 is 28.3 Å². The molecule has 2 rings (SSSR count). The zero-order valence-corrected chi connectivity index (χ0v) is 13.1. The Morgan fingerprint density at radius 2 is 1.79 bits per heavy atom. The van der Waals surface area contributed by atoms with E-state index >= 15 is 0 Å². The standard InChI is InChI=1S/C15H16INO2/c1-3-10-4-6-14(15(8-10)18-2)19-13-7-5-11(17)9-12(13)16/h4-9H,3,17H2,1-2H3. The monoisotopic (exact) mass is 369 g/mol. The number of methoxy groups -OCH3 is 1. The number of hydrogen-bond acceptors (Lipinski definition) is 3. The van der Waals surface area contributed by atoms with Crippen LogP contribution >= 0.6 is 22.6 Å². The molecule has 0 aliphatic carbocycles. The van der Waals surface area contributed by atoms with Crippen LogP contribution in [0, 0.1) is 3.57 Å². The molecule has 2 aromatic rings. The molecule has 0 aromatic heterocycles. The second-order valence-electron chi connectivity index (χ2n) is 4.13. The molecule has 0 aliphatic rings. The number of aryl methyl sites for hydroxylation is 1. The fourth-order valence-corrected chi connectivity index (χ4v) is 2.38. The summed E-state index contributed by atoms with van der Waals surface area (Å²) in [5.74, 6) is 2.23. The molecule has 2 N–H and O–H groups in total. The van der Waals surface area contributed by atoms with Crippen molar-refractivity contribution in [2.45, 2.75) is 13.3 Å². The number of ether oxygens (including phenoxy) is 2. The molecule has 0 fully saturated rings. The number of anilines is 1. The highest BCUT2D eigenvalue weighted by molar-refractivity contribution is 14.1. The number of nitrogen functional groups attached to an aromatic ring is 1. The molecule has 0 heterocycles. The van der Waals surface area contributed by atoms with Crippen LogP contribution in [0.15, 0.2) is 36.4 Å². The molecular weight excluding hydrogens is 353 g/mol. The maximum absolute atomic E-state index is 5.90.